The van der Waals surface area contributed by atoms with E-state index in [1.807, 2.05) is 18.2 Å². The molecule has 1 aliphatic rings. The molecule has 1 fully saturated rings. The molecule has 0 saturated heterocycles. The highest BCUT2D eigenvalue weighted by atomic mass is 35.5. The standard InChI is InChI=1S/C15H22Cl2N2/c16-13-8-4-7-12(15(13)17)14(19-18)10-9-11-5-2-1-3-6-11/h4,7-8,11,14,19H,1-3,5-6,9-10,18H2. The first kappa shape index (κ1) is 15.1. The molecule has 2 rings (SSSR count). The van der Waals surface area contributed by atoms with Gasteiger partial charge in [-0.1, -0.05) is 67.4 Å². The highest BCUT2D eigenvalue weighted by Gasteiger charge is 2.19. The second-order valence-corrected chi connectivity index (χ2v) is 6.23. The van der Waals surface area contributed by atoms with Crippen LogP contribution in [0.1, 0.15) is 56.6 Å². The summed E-state index contributed by atoms with van der Waals surface area (Å²) in [5.41, 5.74) is 3.89. The summed E-state index contributed by atoms with van der Waals surface area (Å²) in [6.07, 6.45) is 9.10. The van der Waals surface area contributed by atoms with E-state index in [1.165, 1.54) is 38.5 Å². The van der Waals surface area contributed by atoms with E-state index < -0.39 is 0 Å². The van der Waals surface area contributed by atoms with Crippen LogP contribution >= 0.6 is 23.2 Å². The molecule has 0 spiro atoms. The highest BCUT2D eigenvalue weighted by molar-refractivity contribution is 6.42. The zero-order chi connectivity index (χ0) is 13.7. The van der Waals surface area contributed by atoms with Crippen LogP contribution in [-0.2, 0) is 0 Å². The van der Waals surface area contributed by atoms with Crippen LogP contribution in [-0.4, -0.2) is 0 Å². The van der Waals surface area contributed by atoms with Crippen LogP contribution < -0.4 is 11.3 Å². The van der Waals surface area contributed by atoms with Crippen molar-refractivity contribution in [2.75, 3.05) is 0 Å². The summed E-state index contributed by atoms with van der Waals surface area (Å²) in [7, 11) is 0. The van der Waals surface area contributed by atoms with Crippen molar-refractivity contribution in [1.82, 2.24) is 5.43 Å². The molecule has 3 N–H and O–H groups in total. The minimum Gasteiger partial charge on any atom is -0.271 e. The molecule has 2 nitrogen and oxygen atoms in total. The van der Waals surface area contributed by atoms with Crippen LogP contribution in [0.15, 0.2) is 18.2 Å². The van der Waals surface area contributed by atoms with Crippen LogP contribution in [0.2, 0.25) is 10.0 Å². The van der Waals surface area contributed by atoms with E-state index in [0.717, 1.165) is 17.9 Å². The highest BCUT2D eigenvalue weighted by Crippen LogP contribution is 2.34. The second-order valence-electron chi connectivity index (χ2n) is 5.44. The van der Waals surface area contributed by atoms with Gasteiger partial charge in [0.05, 0.1) is 10.0 Å². The lowest BCUT2D eigenvalue weighted by Gasteiger charge is -2.24. The first-order valence-electron chi connectivity index (χ1n) is 7.12. The number of rotatable bonds is 5. The van der Waals surface area contributed by atoms with Gasteiger partial charge in [-0.3, -0.25) is 11.3 Å². The van der Waals surface area contributed by atoms with Crippen molar-refractivity contribution >= 4 is 23.2 Å². The van der Waals surface area contributed by atoms with Crippen LogP contribution in [0.3, 0.4) is 0 Å². The summed E-state index contributed by atoms with van der Waals surface area (Å²) < 4.78 is 0. The normalized spacial score (nSPS) is 18.5. The van der Waals surface area contributed by atoms with Gasteiger partial charge in [0.1, 0.15) is 0 Å². The number of nitrogens with one attached hydrogen (secondary N) is 1. The van der Waals surface area contributed by atoms with E-state index in [2.05, 4.69) is 5.43 Å². The molecular formula is C15H22Cl2N2. The first-order chi connectivity index (χ1) is 9.22. The van der Waals surface area contributed by atoms with Gasteiger partial charge in [0, 0.05) is 6.04 Å². The van der Waals surface area contributed by atoms with Crippen LogP contribution in [0.5, 0.6) is 0 Å². The fourth-order valence-corrected chi connectivity index (χ4v) is 3.44. The Bertz CT molecular complexity index is 403. The molecule has 1 aromatic carbocycles. The third-order valence-electron chi connectivity index (χ3n) is 4.15. The Balaban J connectivity index is 1.97. The monoisotopic (exact) mass is 300 g/mol. The lowest BCUT2D eigenvalue weighted by Crippen LogP contribution is -2.28. The van der Waals surface area contributed by atoms with E-state index in [0.29, 0.717) is 10.0 Å². The number of hydrogen-bond donors (Lipinski definition) is 2. The van der Waals surface area contributed by atoms with E-state index in [-0.39, 0.29) is 6.04 Å². The third-order valence-corrected chi connectivity index (χ3v) is 4.98. The largest absolute Gasteiger partial charge is 0.271 e. The van der Waals surface area contributed by atoms with Crippen molar-refractivity contribution in [2.24, 2.45) is 11.8 Å². The zero-order valence-electron chi connectivity index (χ0n) is 11.2. The van der Waals surface area contributed by atoms with E-state index >= 15 is 0 Å². The molecule has 1 saturated carbocycles. The van der Waals surface area contributed by atoms with Gasteiger partial charge < -0.3 is 0 Å². The molecule has 0 aliphatic heterocycles. The molecule has 19 heavy (non-hydrogen) atoms. The minimum atomic E-state index is 0.0909. The Labute approximate surface area is 125 Å². The van der Waals surface area contributed by atoms with Gasteiger partial charge in [0.15, 0.2) is 0 Å². The average molecular weight is 301 g/mol. The summed E-state index contributed by atoms with van der Waals surface area (Å²) in [5, 5.41) is 1.22. The molecule has 1 aromatic rings. The molecular weight excluding hydrogens is 279 g/mol. The third kappa shape index (κ3) is 4.09. The van der Waals surface area contributed by atoms with Gasteiger partial charge in [-0.2, -0.15) is 0 Å². The second kappa shape index (κ2) is 7.49. The molecule has 4 heteroatoms. The van der Waals surface area contributed by atoms with E-state index in [9.17, 15) is 0 Å². The fourth-order valence-electron chi connectivity index (χ4n) is 3.00. The molecule has 1 atom stereocenters. The minimum absolute atomic E-state index is 0.0909. The van der Waals surface area contributed by atoms with Crippen LogP contribution in [0.4, 0.5) is 0 Å². The van der Waals surface area contributed by atoms with Crippen molar-refractivity contribution in [3.05, 3.63) is 33.8 Å². The van der Waals surface area contributed by atoms with Crippen molar-refractivity contribution in [2.45, 2.75) is 51.0 Å². The maximum atomic E-state index is 6.26. The van der Waals surface area contributed by atoms with Crippen molar-refractivity contribution in [1.29, 1.82) is 0 Å². The Morgan fingerprint density at radius 2 is 1.95 bits per heavy atom. The Hall–Kier alpha value is -0.280. The lowest BCUT2D eigenvalue weighted by molar-refractivity contribution is 0.315. The van der Waals surface area contributed by atoms with Crippen LogP contribution in [0, 0.1) is 5.92 Å². The number of benzene rings is 1. The summed E-state index contributed by atoms with van der Waals surface area (Å²) in [4.78, 5) is 0. The topological polar surface area (TPSA) is 38.0 Å². The number of halogens is 2. The molecule has 0 radical (unpaired) electrons. The van der Waals surface area contributed by atoms with Crippen molar-refractivity contribution < 1.29 is 0 Å². The lowest BCUT2D eigenvalue weighted by atomic mass is 9.84. The van der Waals surface area contributed by atoms with Gasteiger partial charge in [-0.25, -0.2) is 0 Å². The van der Waals surface area contributed by atoms with Crippen LogP contribution in [0.25, 0.3) is 0 Å². The molecule has 1 unspecified atom stereocenters. The van der Waals surface area contributed by atoms with Crippen molar-refractivity contribution in [3.63, 3.8) is 0 Å². The molecule has 0 amide bonds. The zero-order valence-corrected chi connectivity index (χ0v) is 12.7. The molecule has 1 aliphatic carbocycles. The van der Waals surface area contributed by atoms with Gasteiger partial charge in [0.2, 0.25) is 0 Å². The smallest absolute Gasteiger partial charge is 0.0640 e. The predicted octanol–water partition coefficient (Wildman–Crippen LogP) is 4.86. The Kier molecular flexibility index (Phi) is 5.96. The van der Waals surface area contributed by atoms with Gasteiger partial charge in [-0.15, -0.1) is 0 Å². The first-order valence-corrected chi connectivity index (χ1v) is 7.88. The SMILES string of the molecule is NNC(CCC1CCCCC1)c1cccc(Cl)c1Cl. The number of hydrogen-bond acceptors (Lipinski definition) is 2. The molecule has 0 bridgehead atoms. The van der Waals surface area contributed by atoms with Crippen molar-refractivity contribution in [3.8, 4) is 0 Å². The number of nitrogens with two attached hydrogens (primary N) is 1. The van der Waals surface area contributed by atoms with E-state index in [1.54, 1.807) is 0 Å². The molecule has 0 heterocycles. The number of hydrazine groups is 1. The van der Waals surface area contributed by atoms with Gasteiger partial charge in [-0.05, 0) is 30.4 Å². The Morgan fingerprint density at radius 1 is 1.21 bits per heavy atom. The predicted molar refractivity (Wildman–Crippen MR) is 82.3 cm³/mol. The summed E-state index contributed by atoms with van der Waals surface area (Å²) in [6, 6.07) is 5.82. The summed E-state index contributed by atoms with van der Waals surface area (Å²) in [5.74, 6) is 6.54. The van der Waals surface area contributed by atoms with E-state index in [4.69, 9.17) is 29.0 Å². The summed E-state index contributed by atoms with van der Waals surface area (Å²) >= 11 is 12.3. The molecule has 106 valence electrons. The molecule has 0 aromatic heterocycles. The summed E-state index contributed by atoms with van der Waals surface area (Å²) in [6.45, 7) is 0. The van der Waals surface area contributed by atoms with Gasteiger partial charge in [0.25, 0.3) is 0 Å². The maximum absolute atomic E-state index is 6.26. The Morgan fingerprint density at radius 3 is 2.63 bits per heavy atom. The maximum Gasteiger partial charge on any atom is 0.0640 e. The average Bonchev–Trinajstić information content (AvgIpc) is 2.45. The fraction of sp³-hybridized carbons (Fsp3) is 0.600. The van der Waals surface area contributed by atoms with Gasteiger partial charge >= 0.3 is 0 Å². The quantitative estimate of drug-likeness (QED) is 0.602.